The molecule has 1 nitrogen and oxygen atoms in total. The summed E-state index contributed by atoms with van der Waals surface area (Å²) in [7, 11) is 0. The first-order chi connectivity index (χ1) is 5.87. The normalized spacial score (nSPS) is 34.5. The topological polar surface area (TPSA) is 23.8 Å². The molecule has 0 aromatic carbocycles. The Kier molecular flexibility index (Phi) is 2.56. The van der Waals surface area contributed by atoms with Gasteiger partial charge in [0.15, 0.2) is 0 Å². The average Bonchev–Trinajstić information content (AvgIpc) is 2.29. The summed E-state index contributed by atoms with van der Waals surface area (Å²) in [5, 5.41) is 8.75. The molecule has 1 saturated carbocycles. The molecule has 1 aliphatic rings. The van der Waals surface area contributed by atoms with E-state index in [9.17, 15) is 13.2 Å². The summed E-state index contributed by atoms with van der Waals surface area (Å²) in [6.45, 7) is 1.90. The molecule has 0 saturated heterocycles. The Morgan fingerprint density at radius 1 is 1.54 bits per heavy atom. The first kappa shape index (κ1) is 10.4. The van der Waals surface area contributed by atoms with Crippen molar-refractivity contribution >= 4 is 0 Å². The van der Waals surface area contributed by atoms with Crippen LogP contribution in [0.3, 0.4) is 0 Å². The molecule has 0 aromatic heterocycles. The van der Waals surface area contributed by atoms with Gasteiger partial charge in [-0.3, -0.25) is 0 Å². The highest BCUT2D eigenvalue weighted by Gasteiger charge is 2.46. The van der Waals surface area contributed by atoms with Crippen molar-refractivity contribution in [3.05, 3.63) is 0 Å². The third-order valence-corrected chi connectivity index (χ3v) is 2.63. The van der Waals surface area contributed by atoms with Crippen LogP contribution in [-0.2, 0) is 0 Å². The minimum absolute atomic E-state index is 0.252. The second kappa shape index (κ2) is 3.21. The molecule has 2 atom stereocenters. The van der Waals surface area contributed by atoms with Gasteiger partial charge in [-0.15, -0.1) is 0 Å². The summed E-state index contributed by atoms with van der Waals surface area (Å²) in [6, 6.07) is 1.84. The molecule has 0 bridgehead atoms. The molecule has 74 valence electrons. The van der Waals surface area contributed by atoms with Crippen LogP contribution in [-0.4, -0.2) is 6.18 Å². The van der Waals surface area contributed by atoms with Crippen molar-refractivity contribution in [1.82, 2.24) is 0 Å². The monoisotopic (exact) mass is 191 g/mol. The Hall–Kier alpha value is -0.720. The number of alkyl halides is 3. The van der Waals surface area contributed by atoms with Crippen molar-refractivity contribution in [2.75, 3.05) is 0 Å². The lowest BCUT2D eigenvalue weighted by molar-refractivity contribution is -0.151. The highest BCUT2D eigenvalue weighted by atomic mass is 19.4. The van der Waals surface area contributed by atoms with Crippen molar-refractivity contribution in [2.45, 2.75) is 38.8 Å². The predicted molar refractivity (Wildman–Crippen MR) is 41.7 cm³/mol. The lowest BCUT2D eigenvalue weighted by Gasteiger charge is -2.21. The highest BCUT2D eigenvalue weighted by Crippen LogP contribution is 2.47. The summed E-state index contributed by atoms with van der Waals surface area (Å²) in [4.78, 5) is 0. The van der Waals surface area contributed by atoms with Crippen molar-refractivity contribution < 1.29 is 13.2 Å². The summed E-state index contributed by atoms with van der Waals surface area (Å²) in [5.41, 5.74) is -1.13. The molecule has 0 spiro atoms. The fourth-order valence-corrected chi connectivity index (χ4v) is 2.08. The van der Waals surface area contributed by atoms with E-state index in [1.807, 2.05) is 13.0 Å². The molecule has 4 heteroatoms. The lowest BCUT2D eigenvalue weighted by Crippen LogP contribution is -2.24. The molecule has 1 rings (SSSR count). The predicted octanol–water partition coefficient (Wildman–Crippen LogP) is 3.27. The number of hydrogen-bond acceptors (Lipinski definition) is 1. The van der Waals surface area contributed by atoms with E-state index in [1.54, 1.807) is 0 Å². The van der Waals surface area contributed by atoms with E-state index in [0.29, 0.717) is 12.8 Å². The van der Waals surface area contributed by atoms with Crippen LogP contribution in [0.1, 0.15) is 32.6 Å². The van der Waals surface area contributed by atoms with E-state index >= 15 is 0 Å². The van der Waals surface area contributed by atoms with Crippen LogP contribution >= 0.6 is 0 Å². The second-order valence-corrected chi connectivity index (χ2v) is 4.03. The van der Waals surface area contributed by atoms with E-state index in [4.69, 9.17) is 5.26 Å². The molecule has 1 aliphatic carbocycles. The Balaban J connectivity index is 2.68. The number of nitrogens with zero attached hydrogens (tertiary/aromatic N) is 1. The van der Waals surface area contributed by atoms with Gasteiger partial charge in [-0.2, -0.15) is 18.4 Å². The molecule has 0 aliphatic heterocycles. The van der Waals surface area contributed by atoms with Crippen molar-refractivity contribution in [2.24, 2.45) is 11.3 Å². The minimum atomic E-state index is -4.21. The Morgan fingerprint density at radius 3 is 2.46 bits per heavy atom. The van der Waals surface area contributed by atoms with E-state index in [1.165, 1.54) is 0 Å². The number of nitriles is 1. The van der Waals surface area contributed by atoms with Crippen LogP contribution in [0.5, 0.6) is 0 Å². The van der Waals surface area contributed by atoms with Gasteiger partial charge >= 0.3 is 6.18 Å². The van der Waals surface area contributed by atoms with Crippen LogP contribution in [0.4, 0.5) is 13.2 Å². The molecule has 13 heavy (non-hydrogen) atoms. The third kappa shape index (κ3) is 2.61. The smallest absolute Gasteiger partial charge is 0.198 e. The number of rotatable bonds is 1. The quantitative estimate of drug-likeness (QED) is 0.624. The Bertz CT molecular complexity index is 228. The van der Waals surface area contributed by atoms with Crippen LogP contribution in [0.25, 0.3) is 0 Å². The van der Waals surface area contributed by atoms with Crippen molar-refractivity contribution in [1.29, 1.82) is 5.26 Å². The van der Waals surface area contributed by atoms with E-state index in [-0.39, 0.29) is 5.92 Å². The third-order valence-electron chi connectivity index (χ3n) is 2.63. The van der Waals surface area contributed by atoms with Crippen molar-refractivity contribution in [3.8, 4) is 6.07 Å². The Morgan fingerprint density at radius 2 is 2.15 bits per heavy atom. The SMILES string of the molecule is CC1CCC(C#N)(CC(F)(F)F)C1. The first-order valence-corrected chi connectivity index (χ1v) is 4.35. The Labute approximate surface area is 75.5 Å². The molecule has 0 heterocycles. The summed E-state index contributed by atoms with van der Waals surface area (Å²) < 4.78 is 36.3. The zero-order valence-corrected chi connectivity index (χ0v) is 7.49. The first-order valence-electron chi connectivity index (χ1n) is 4.35. The molecular weight excluding hydrogens is 179 g/mol. The second-order valence-electron chi connectivity index (χ2n) is 4.03. The molecule has 0 N–H and O–H groups in total. The van der Waals surface area contributed by atoms with Gasteiger partial charge in [0.1, 0.15) is 0 Å². The van der Waals surface area contributed by atoms with Gasteiger partial charge in [0.05, 0.1) is 17.9 Å². The van der Waals surface area contributed by atoms with Gasteiger partial charge in [-0.1, -0.05) is 6.92 Å². The van der Waals surface area contributed by atoms with E-state index < -0.39 is 18.0 Å². The van der Waals surface area contributed by atoms with Crippen LogP contribution < -0.4 is 0 Å². The molecule has 0 amide bonds. The van der Waals surface area contributed by atoms with Crippen LogP contribution in [0.15, 0.2) is 0 Å². The van der Waals surface area contributed by atoms with E-state index in [2.05, 4.69) is 0 Å². The average molecular weight is 191 g/mol. The van der Waals surface area contributed by atoms with Gasteiger partial charge in [0.2, 0.25) is 0 Å². The maximum atomic E-state index is 12.1. The molecule has 0 radical (unpaired) electrons. The summed E-state index contributed by atoms with van der Waals surface area (Å²) in [6.07, 6.45) is -3.63. The molecule has 1 fully saturated rings. The van der Waals surface area contributed by atoms with Gasteiger partial charge in [0, 0.05) is 0 Å². The summed E-state index contributed by atoms with van der Waals surface area (Å²) in [5.74, 6) is 0.252. The molecular formula is C9H12F3N. The minimum Gasteiger partial charge on any atom is -0.198 e. The maximum Gasteiger partial charge on any atom is 0.390 e. The zero-order valence-electron chi connectivity index (χ0n) is 7.49. The summed E-state index contributed by atoms with van der Waals surface area (Å²) >= 11 is 0. The number of hydrogen-bond donors (Lipinski definition) is 0. The molecule has 2 unspecified atom stereocenters. The standard InChI is InChI=1S/C9H12F3N/c1-7-2-3-8(4-7,6-13)5-9(10,11)12/h7H,2-5H2,1H3. The molecule has 0 aromatic rings. The van der Waals surface area contributed by atoms with Crippen molar-refractivity contribution in [3.63, 3.8) is 0 Å². The lowest BCUT2D eigenvalue weighted by atomic mass is 9.83. The zero-order chi connectivity index (χ0) is 10.1. The fourth-order valence-electron chi connectivity index (χ4n) is 2.08. The maximum absolute atomic E-state index is 12.1. The number of halogens is 3. The fraction of sp³-hybridized carbons (Fsp3) is 0.889. The highest BCUT2D eigenvalue weighted by molar-refractivity contribution is 5.04. The van der Waals surface area contributed by atoms with Gasteiger partial charge in [-0.05, 0) is 25.2 Å². The largest absolute Gasteiger partial charge is 0.390 e. The van der Waals surface area contributed by atoms with Gasteiger partial charge in [-0.25, -0.2) is 0 Å². The van der Waals surface area contributed by atoms with Gasteiger partial charge in [0.25, 0.3) is 0 Å². The van der Waals surface area contributed by atoms with Crippen LogP contribution in [0, 0.1) is 22.7 Å². The van der Waals surface area contributed by atoms with E-state index in [0.717, 1.165) is 6.42 Å². The van der Waals surface area contributed by atoms with Gasteiger partial charge < -0.3 is 0 Å². The van der Waals surface area contributed by atoms with Crippen LogP contribution in [0.2, 0.25) is 0 Å².